The van der Waals surface area contributed by atoms with Gasteiger partial charge in [0.15, 0.2) is 0 Å². The molecule has 0 aliphatic heterocycles. The first-order valence-electron chi connectivity index (χ1n) is 4.51. The van der Waals surface area contributed by atoms with Crippen molar-refractivity contribution in [2.75, 3.05) is 0 Å². The quantitative estimate of drug-likeness (QED) is 0.830. The van der Waals surface area contributed by atoms with Crippen LogP contribution in [0, 0.1) is 0 Å². The number of carbonyl (C=O) groups is 1. The molecule has 1 unspecified atom stereocenters. The van der Waals surface area contributed by atoms with Crippen LogP contribution >= 0.6 is 0 Å². The van der Waals surface area contributed by atoms with Gasteiger partial charge in [0.2, 0.25) is 5.91 Å². The maximum Gasteiger partial charge on any atom is 0.416 e. The lowest BCUT2D eigenvalue weighted by Crippen LogP contribution is -2.21. The second-order valence-corrected chi connectivity index (χ2v) is 3.40. The highest BCUT2D eigenvalue weighted by Gasteiger charge is 2.30. The van der Waals surface area contributed by atoms with Crippen LogP contribution in [0.1, 0.15) is 23.6 Å². The Hall–Kier alpha value is -1.56. The van der Waals surface area contributed by atoms with Crippen molar-refractivity contribution < 1.29 is 18.0 Å². The first-order valence-corrected chi connectivity index (χ1v) is 4.51. The van der Waals surface area contributed by atoms with E-state index in [1.54, 1.807) is 0 Å². The van der Waals surface area contributed by atoms with Crippen LogP contribution in [0.4, 0.5) is 13.2 Å². The van der Waals surface area contributed by atoms with Gasteiger partial charge in [-0.1, -0.05) is 12.1 Å². The highest BCUT2D eigenvalue weighted by molar-refractivity contribution is 5.74. The van der Waals surface area contributed by atoms with Crippen molar-refractivity contribution in [2.45, 2.75) is 18.6 Å². The van der Waals surface area contributed by atoms with Crippen LogP contribution in [0.5, 0.6) is 0 Å². The van der Waals surface area contributed by atoms with E-state index in [-0.39, 0.29) is 12.0 Å². The molecule has 0 bridgehead atoms. The van der Waals surface area contributed by atoms with E-state index in [1.807, 2.05) is 0 Å². The highest BCUT2D eigenvalue weighted by atomic mass is 19.4. The summed E-state index contributed by atoms with van der Waals surface area (Å²) in [4.78, 5) is 10.6. The number of rotatable bonds is 3. The average Bonchev–Trinajstić information content (AvgIpc) is 2.15. The van der Waals surface area contributed by atoms with Crippen LogP contribution in [-0.2, 0) is 11.0 Å². The molecule has 0 aliphatic carbocycles. The van der Waals surface area contributed by atoms with Crippen molar-refractivity contribution in [1.82, 2.24) is 0 Å². The first kappa shape index (κ1) is 12.5. The zero-order valence-electron chi connectivity index (χ0n) is 8.29. The molecule has 1 amide bonds. The smallest absolute Gasteiger partial charge is 0.370 e. The Balaban J connectivity index is 2.94. The fourth-order valence-electron chi connectivity index (χ4n) is 1.28. The Labute approximate surface area is 90.2 Å². The molecule has 0 heterocycles. The molecule has 6 heteroatoms. The van der Waals surface area contributed by atoms with Crippen molar-refractivity contribution in [3.8, 4) is 0 Å². The normalized spacial score (nSPS) is 13.5. The fraction of sp³-hybridized carbons (Fsp3) is 0.300. The summed E-state index contributed by atoms with van der Waals surface area (Å²) in [5.41, 5.74) is 9.91. The topological polar surface area (TPSA) is 69.1 Å². The Kier molecular flexibility index (Phi) is 3.54. The summed E-state index contributed by atoms with van der Waals surface area (Å²) in [7, 11) is 0. The molecular weight excluding hydrogens is 221 g/mol. The van der Waals surface area contributed by atoms with Crippen molar-refractivity contribution in [2.24, 2.45) is 11.5 Å². The van der Waals surface area contributed by atoms with Gasteiger partial charge in [-0.05, 0) is 17.7 Å². The third-order valence-electron chi connectivity index (χ3n) is 2.06. The molecule has 0 aromatic heterocycles. The van der Waals surface area contributed by atoms with Crippen molar-refractivity contribution in [3.05, 3.63) is 35.4 Å². The van der Waals surface area contributed by atoms with E-state index in [2.05, 4.69) is 0 Å². The molecule has 0 saturated heterocycles. The summed E-state index contributed by atoms with van der Waals surface area (Å²) in [5, 5.41) is 0. The van der Waals surface area contributed by atoms with E-state index in [0.29, 0.717) is 0 Å². The molecule has 0 spiro atoms. The van der Waals surface area contributed by atoms with Gasteiger partial charge in [-0.25, -0.2) is 0 Å². The second-order valence-electron chi connectivity index (χ2n) is 3.40. The van der Waals surface area contributed by atoms with Crippen LogP contribution in [0.3, 0.4) is 0 Å². The molecule has 0 radical (unpaired) electrons. The number of hydrogen-bond acceptors (Lipinski definition) is 2. The van der Waals surface area contributed by atoms with Crippen LogP contribution in [0.25, 0.3) is 0 Å². The summed E-state index contributed by atoms with van der Waals surface area (Å²) < 4.78 is 37.1. The van der Waals surface area contributed by atoms with Gasteiger partial charge in [-0.2, -0.15) is 13.2 Å². The zero-order valence-corrected chi connectivity index (χ0v) is 8.29. The number of primary amides is 1. The third-order valence-corrected chi connectivity index (χ3v) is 2.06. The number of alkyl halides is 3. The molecule has 3 nitrogen and oxygen atoms in total. The van der Waals surface area contributed by atoms with Gasteiger partial charge in [0.1, 0.15) is 0 Å². The lowest BCUT2D eigenvalue weighted by Gasteiger charge is -2.12. The van der Waals surface area contributed by atoms with E-state index in [9.17, 15) is 18.0 Å². The van der Waals surface area contributed by atoms with Gasteiger partial charge in [0.05, 0.1) is 5.56 Å². The highest BCUT2D eigenvalue weighted by Crippen LogP contribution is 2.30. The largest absolute Gasteiger partial charge is 0.416 e. The number of hydrogen-bond donors (Lipinski definition) is 2. The average molecular weight is 232 g/mol. The lowest BCUT2D eigenvalue weighted by molar-refractivity contribution is -0.137. The van der Waals surface area contributed by atoms with Crippen molar-refractivity contribution >= 4 is 5.91 Å². The monoisotopic (exact) mass is 232 g/mol. The standard InChI is InChI=1S/C10H11F3N2O/c11-10(12,13)7-3-1-2-6(4-7)8(14)5-9(15)16/h1-4,8H,5,14H2,(H2,15,16). The zero-order chi connectivity index (χ0) is 12.3. The van der Waals surface area contributed by atoms with Gasteiger partial charge in [0, 0.05) is 12.5 Å². The summed E-state index contributed by atoms with van der Waals surface area (Å²) in [5.74, 6) is -0.648. The minimum atomic E-state index is -4.41. The lowest BCUT2D eigenvalue weighted by atomic mass is 10.0. The molecule has 0 aliphatic rings. The van der Waals surface area contributed by atoms with E-state index in [1.165, 1.54) is 12.1 Å². The molecular formula is C10H11F3N2O. The van der Waals surface area contributed by atoms with Crippen LogP contribution in [0.15, 0.2) is 24.3 Å². The first-order chi connectivity index (χ1) is 7.30. The minimum absolute atomic E-state index is 0.179. The number of benzene rings is 1. The van der Waals surface area contributed by atoms with E-state index < -0.39 is 23.7 Å². The van der Waals surface area contributed by atoms with Crippen LogP contribution in [0.2, 0.25) is 0 Å². The Morgan fingerprint density at radius 1 is 1.38 bits per heavy atom. The van der Waals surface area contributed by atoms with Gasteiger partial charge in [-0.15, -0.1) is 0 Å². The predicted octanol–water partition coefficient (Wildman–Crippen LogP) is 1.58. The molecule has 1 aromatic rings. The number of halogens is 3. The second kappa shape index (κ2) is 4.52. The van der Waals surface area contributed by atoms with E-state index in [4.69, 9.17) is 11.5 Å². The van der Waals surface area contributed by atoms with Gasteiger partial charge < -0.3 is 11.5 Å². The summed E-state index contributed by atoms with van der Waals surface area (Å²) in [6, 6.07) is 3.75. The predicted molar refractivity (Wildman–Crippen MR) is 52.2 cm³/mol. The van der Waals surface area contributed by atoms with Gasteiger partial charge >= 0.3 is 6.18 Å². The summed E-state index contributed by atoms with van der Waals surface area (Å²) in [6.07, 6.45) is -4.59. The Morgan fingerprint density at radius 3 is 2.50 bits per heavy atom. The molecule has 16 heavy (non-hydrogen) atoms. The number of amides is 1. The van der Waals surface area contributed by atoms with Crippen LogP contribution < -0.4 is 11.5 Å². The van der Waals surface area contributed by atoms with Crippen LogP contribution in [-0.4, -0.2) is 5.91 Å². The Bertz CT molecular complexity index is 390. The summed E-state index contributed by atoms with van der Waals surface area (Å²) >= 11 is 0. The SMILES string of the molecule is NC(=O)CC(N)c1cccc(C(F)(F)F)c1. The molecule has 4 N–H and O–H groups in total. The maximum absolute atomic E-state index is 12.4. The van der Waals surface area contributed by atoms with Gasteiger partial charge in [-0.3, -0.25) is 4.79 Å². The number of carbonyl (C=O) groups excluding carboxylic acids is 1. The van der Waals surface area contributed by atoms with Crippen molar-refractivity contribution in [3.63, 3.8) is 0 Å². The molecule has 0 saturated carbocycles. The Morgan fingerprint density at radius 2 is 2.00 bits per heavy atom. The molecule has 88 valence electrons. The third kappa shape index (κ3) is 3.23. The molecule has 0 fully saturated rings. The minimum Gasteiger partial charge on any atom is -0.370 e. The number of nitrogens with two attached hydrogens (primary N) is 2. The van der Waals surface area contributed by atoms with Gasteiger partial charge in [0.25, 0.3) is 0 Å². The molecule has 1 aromatic carbocycles. The fourth-order valence-corrected chi connectivity index (χ4v) is 1.28. The summed E-state index contributed by atoms with van der Waals surface area (Å²) in [6.45, 7) is 0. The van der Waals surface area contributed by atoms with Crippen molar-refractivity contribution in [1.29, 1.82) is 0 Å². The van der Waals surface area contributed by atoms with E-state index >= 15 is 0 Å². The maximum atomic E-state index is 12.4. The molecule has 1 atom stereocenters. The molecule has 1 rings (SSSR count). The van der Waals surface area contributed by atoms with E-state index in [0.717, 1.165) is 12.1 Å².